The fraction of sp³-hybridized carbons (Fsp3) is 0.290. The van der Waals surface area contributed by atoms with E-state index in [-0.39, 0.29) is 35.9 Å². The molecular formula is C31H29F3N4O3. The molecule has 0 spiro atoms. The third-order valence-electron chi connectivity index (χ3n) is 7.40. The maximum Gasteiger partial charge on any atom is 0.227 e. The minimum atomic E-state index is -0.653. The molecule has 1 fully saturated rings. The lowest BCUT2D eigenvalue weighted by Crippen LogP contribution is -2.24. The molecule has 1 N–H and O–H groups in total. The monoisotopic (exact) mass is 562 g/mol. The van der Waals surface area contributed by atoms with Gasteiger partial charge in [0, 0.05) is 23.6 Å². The van der Waals surface area contributed by atoms with Crippen molar-refractivity contribution in [2.45, 2.75) is 38.6 Å². The largest absolute Gasteiger partial charge is 0.457 e. The topological polar surface area (TPSA) is 86.1 Å². The van der Waals surface area contributed by atoms with Crippen LogP contribution in [-0.4, -0.2) is 26.5 Å². The average Bonchev–Trinajstić information content (AvgIpc) is 3.37. The zero-order valence-corrected chi connectivity index (χ0v) is 22.2. The fourth-order valence-corrected chi connectivity index (χ4v) is 5.33. The van der Waals surface area contributed by atoms with E-state index in [4.69, 9.17) is 4.74 Å². The van der Waals surface area contributed by atoms with Gasteiger partial charge in [-0.05, 0) is 98.2 Å². The molecule has 7 nitrogen and oxygen atoms in total. The van der Waals surface area contributed by atoms with Crippen molar-refractivity contribution in [3.05, 3.63) is 102 Å². The molecule has 10 heteroatoms. The van der Waals surface area contributed by atoms with Gasteiger partial charge in [-0.25, -0.2) is 22.8 Å². The van der Waals surface area contributed by atoms with Crippen molar-refractivity contribution in [1.82, 2.24) is 14.8 Å². The highest BCUT2D eigenvalue weighted by molar-refractivity contribution is 5.92. The Morgan fingerprint density at radius 3 is 2.22 bits per heavy atom. The van der Waals surface area contributed by atoms with E-state index in [1.165, 1.54) is 53.7 Å². The summed E-state index contributed by atoms with van der Waals surface area (Å²) >= 11 is 0. The molecule has 1 aromatic heterocycles. The number of Topliss-reactive ketones (excluding diaryl/α,β-unsaturated/α-hetero) is 1. The second kappa shape index (κ2) is 12.8. The van der Waals surface area contributed by atoms with Crippen molar-refractivity contribution in [2.24, 2.45) is 17.8 Å². The standard InChI is InChI=1S/C31H29F3N4O3/c32-24-5-9-27(10-6-24)41-28-11-7-26(8-12-28)37-31(40)23-2-1-22(30(39)17-38-19-35-18-36-38)14-20(15-23)13-21-3-4-25(33)16-29(21)34/h3-12,16,18-20,22-23H,1-2,13-15,17H2,(H,37,40). The molecule has 1 amide bonds. The van der Waals surface area contributed by atoms with Gasteiger partial charge in [0.1, 0.15) is 48.2 Å². The van der Waals surface area contributed by atoms with E-state index in [0.29, 0.717) is 54.9 Å². The summed E-state index contributed by atoms with van der Waals surface area (Å²) in [5.41, 5.74) is 0.933. The predicted octanol–water partition coefficient (Wildman–Crippen LogP) is 6.36. The zero-order chi connectivity index (χ0) is 28.8. The van der Waals surface area contributed by atoms with Crippen LogP contribution in [0.15, 0.2) is 79.4 Å². The summed E-state index contributed by atoms with van der Waals surface area (Å²) in [5.74, 6) is -1.73. The van der Waals surface area contributed by atoms with Crippen LogP contribution in [-0.2, 0) is 22.6 Å². The Bertz CT molecular complexity index is 1480. The summed E-state index contributed by atoms with van der Waals surface area (Å²) in [7, 11) is 0. The van der Waals surface area contributed by atoms with Crippen LogP contribution in [0.1, 0.15) is 31.2 Å². The Labute approximate surface area is 235 Å². The normalized spacial score (nSPS) is 18.9. The maximum absolute atomic E-state index is 14.5. The van der Waals surface area contributed by atoms with E-state index in [9.17, 15) is 22.8 Å². The molecule has 3 aromatic carbocycles. The third-order valence-corrected chi connectivity index (χ3v) is 7.40. The number of ether oxygens (including phenoxy) is 1. The first-order valence-corrected chi connectivity index (χ1v) is 13.5. The predicted molar refractivity (Wildman–Crippen MR) is 146 cm³/mol. The highest BCUT2D eigenvalue weighted by Crippen LogP contribution is 2.35. The molecule has 0 radical (unpaired) electrons. The van der Waals surface area contributed by atoms with Gasteiger partial charge >= 0.3 is 0 Å². The molecule has 212 valence electrons. The number of hydrogen-bond acceptors (Lipinski definition) is 5. The number of benzene rings is 3. The minimum absolute atomic E-state index is 0.0159. The number of hydrogen-bond donors (Lipinski definition) is 1. The van der Waals surface area contributed by atoms with Gasteiger partial charge in [0.05, 0.1) is 0 Å². The van der Waals surface area contributed by atoms with Gasteiger partial charge in [-0.2, -0.15) is 5.10 Å². The molecule has 1 saturated carbocycles. The van der Waals surface area contributed by atoms with Crippen LogP contribution in [0.2, 0.25) is 0 Å². The summed E-state index contributed by atoms with van der Waals surface area (Å²) in [6, 6.07) is 16.0. The van der Waals surface area contributed by atoms with Crippen molar-refractivity contribution in [2.75, 3.05) is 5.32 Å². The van der Waals surface area contributed by atoms with Gasteiger partial charge in [0.2, 0.25) is 5.91 Å². The lowest BCUT2D eigenvalue weighted by atomic mass is 9.85. The number of rotatable bonds is 9. The van der Waals surface area contributed by atoms with E-state index >= 15 is 0 Å². The zero-order valence-electron chi connectivity index (χ0n) is 22.2. The van der Waals surface area contributed by atoms with E-state index in [2.05, 4.69) is 15.4 Å². The van der Waals surface area contributed by atoms with Gasteiger partial charge < -0.3 is 10.1 Å². The van der Waals surface area contributed by atoms with Crippen molar-refractivity contribution in [3.63, 3.8) is 0 Å². The Kier molecular flexibility index (Phi) is 8.76. The Balaban J connectivity index is 1.27. The molecule has 5 rings (SSSR count). The number of anilines is 1. The van der Waals surface area contributed by atoms with Crippen LogP contribution in [0.3, 0.4) is 0 Å². The second-order valence-corrected chi connectivity index (χ2v) is 10.4. The molecular weight excluding hydrogens is 533 g/mol. The number of nitrogens with zero attached hydrogens (tertiary/aromatic N) is 3. The first-order chi connectivity index (χ1) is 19.8. The SMILES string of the molecule is O=C(Cn1cncn1)C1CCC(C(=O)Nc2ccc(Oc3ccc(F)cc3)cc2)CC(Cc2ccc(F)cc2F)C1. The Morgan fingerprint density at radius 1 is 0.878 bits per heavy atom. The van der Waals surface area contributed by atoms with Crippen molar-refractivity contribution in [1.29, 1.82) is 0 Å². The molecule has 3 unspecified atom stereocenters. The van der Waals surface area contributed by atoms with Gasteiger partial charge in [0.25, 0.3) is 0 Å². The molecule has 41 heavy (non-hydrogen) atoms. The molecule has 4 aromatic rings. The summed E-state index contributed by atoms with van der Waals surface area (Å²) in [6.07, 6.45) is 5.09. The van der Waals surface area contributed by atoms with Gasteiger partial charge in [-0.3, -0.25) is 9.59 Å². The molecule has 3 atom stereocenters. The van der Waals surface area contributed by atoms with E-state index in [0.717, 1.165) is 6.07 Å². The summed E-state index contributed by atoms with van der Waals surface area (Å²) < 4.78 is 48.3. The first kappa shape index (κ1) is 28.1. The quantitative estimate of drug-likeness (QED) is 0.240. The smallest absolute Gasteiger partial charge is 0.227 e. The Hall–Kier alpha value is -4.47. The number of carbonyl (C=O) groups is 2. The maximum atomic E-state index is 14.5. The lowest BCUT2D eigenvalue weighted by molar-refractivity contribution is -0.124. The number of aromatic nitrogens is 3. The third kappa shape index (κ3) is 7.59. The highest BCUT2D eigenvalue weighted by Gasteiger charge is 2.33. The lowest BCUT2D eigenvalue weighted by Gasteiger charge is -2.21. The van der Waals surface area contributed by atoms with Crippen LogP contribution in [0.5, 0.6) is 11.5 Å². The number of ketones is 1. The molecule has 0 saturated heterocycles. The van der Waals surface area contributed by atoms with Crippen LogP contribution in [0, 0.1) is 35.2 Å². The average molecular weight is 563 g/mol. The van der Waals surface area contributed by atoms with Crippen molar-refractivity contribution >= 4 is 17.4 Å². The van der Waals surface area contributed by atoms with Crippen LogP contribution in [0.4, 0.5) is 18.9 Å². The molecule has 0 bridgehead atoms. The van der Waals surface area contributed by atoms with E-state index in [1.54, 1.807) is 24.3 Å². The Morgan fingerprint density at radius 2 is 1.54 bits per heavy atom. The van der Waals surface area contributed by atoms with Crippen molar-refractivity contribution in [3.8, 4) is 11.5 Å². The summed E-state index contributed by atoms with van der Waals surface area (Å²) in [5, 5.41) is 6.96. The molecule has 1 heterocycles. The van der Waals surface area contributed by atoms with Gasteiger partial charge in [-0.15, -0.1) is 0 Å². The minimum Gasteiger partial charge on any atom is -0.457 e. The van der Waals surface area contributed by atoms with Crippen LogP contribution >= 0.6 is 0 Å². The van der Waals surface area contributed by atoms with Crippen LogP contribution < -0.4 is 10.1 Å². The highest BCUT2D eigenvalue weighted by atomic mass is 19.1. The molecule has 1 aliphatic carbocycles. The number of halogens is 3. The van der Waals surface area contributed by atoms with Gasteiger partial charge in [-0.1, -0.05) is 6.07 Å². The van der Waals surface area contributed by atoms with E-state index in [1.807, 2.05) is 0 Å². The van der Waals surface area contributed by atoms with E-state index < -0.39 is 17.6 Å². The van der Waals surface area contributed by atoms with Gasteiger partial charge in [0.15, 0.2) is 5.78 Å². The number of carbonyl (C=O) groups excluding carboxylic acids is 2. The first-order valence-electron chi connectivity index (χ1n) is 13.5. The molecule has 0 aliphatic heterocycles. The van der Waals surface area contributed by atoms with Crippen molar-refractivity contribution < 1.29 is 27.5 Å². The number of nitrogens with one attached hydrogen (secondary N) is 1. The van der Waals surface area contributed by atoms with Crippen LogP contribution in [0.25, 0.3) is 0 Å². The summed E-state index contributed by atoms with van der Waals surface area (Å²) in [6.45, 7) is 0.0749. The summed E-state index contributed by atoms with van der Waals surface area (Å²) in [4.78, 5) is 30.4. The second-order valence-electron chi connectivity index (χ2n) is 10.4. The fourth-order valence-electron chi connectivity index (χ4n) is 5.33. The number of amides is 1. The molecule has 1 aliphatic rings.